The van der Waals surface area contributed by atoms with Crippen molar-refractivity contribution < 1.29 is 14.0 Å². The Kier molecular flexibility index (Phi) is 3.89. The fraction of sp³-hybridized carbons (Fsp3) is 0.200. The van der Waals surface area contributed by atoms with Crippen molar-refractivity contribution >= 4 is 11.8 Å². The van der Waals surface area contributed by atoms with Crippen molar-refractivity contribution in [1.29, 1.82) is 0 Å². The van der Waals surface area contributed by atoms with Crippen LogP contribution in [0, 0.1) is 0 Å². The quantitative estimate of drug-likeness (QED) is 0.927. The molecule has 0 saturated heterocycles. The Labute approximate surface area is 117 Å². The molecule has 1 unspecified atom stereocenters. The minimum absolute atomic E-state index is 0.148. The van der Waals surface area contributed by atoms with E-state index in [9.17, 15) is 9.59 Å². The van der Waals surface area contributed by atoms with Crippen LogP contribution in [0.25, 0.3) is 0 Å². The highest BCUT2D eigenvalue weighted by Crippen LogP contribution is 2.21. The first-order valence-electron chi connectivity index (χ1n) is 6.21. The lowest BCUT2D eigenvalue weighted by Gasteiger charge is -2.23. The van der Waals surface area contributed by atoms with Gasteiger partial charge < -0.3 is 15.1 Å². The Bertz CT molecular complexity index is 603. The third-order valence-electron chi connectivity index (χ3n) is 3.27. The molecule has 0 bridgehead atoms. The van der Waals surface area contributed by atoms with Crippen molar-refractivity contribution in [3.8, 4) is 0 Å². The van der Waals surface area contributed by atoms with Crippen LogP contribution in [-0.2, 0) is 0 Å². The summed E-state index contributed by atoms with van der Waals surface area (Å²) in [4.78, 5) is 24.9. The van der Waals surface area contributed by atoms with E-state index in [1.165, 1.54) is 0 Å². The lowest BCUT2D eigenvalue weighted by molar-refractivity contribution is 0.0726. The number of furan rings is 1. The van der Waals surface area contributed by atoms with E-state index in [1.807, 2.05) is 13.0 Å². The van der Waals surface area contributed by atoms with Crippen molar-refractivity contribution in [1.82, 2.24) is 4.90 Å². The van der Waals surface area contributed by atoms with Crippen molar-refractivity contribution in [3.63, 3.8) is 0 Å². The van der Waals surface area contributed by atoms with E-state index in [4.69, 9.17) is 10.2 Å². The van der Waals surface area contributed by atoms with Gasteiger partial charge in [0.05, 0.1) is 12.3 Å². The highest BCUT2D eigenvalue weighted by Gasteiger charge is 2.20. The van der Waals surface area contributed by atoms with Crippen LogP contribution in [0.4, 0.5) is 0 Å². The van der Waals surface area contributed by atoms with E-state index in [0.717, 1.165) is 5.76 Å². The van der Waals surface area contributed by atoms with Gasteiger partial charge in [-0.2, -0.15) is 0 Å². The van der Waals surface area contributed by atoms with Gasteiger partial charge >= 0.3 is 0 Å². The molecule has 1 aromatic heterocycles. The van der Waals surface area contributed by atoms with Gasteiger partial charge in [0.15, 0.2) is 0 Å². The number of hydrogen-bond donors (Lipinski definition) is 1. The number of amides is 2. The first-order chi connectivity index (χ1) is 9.50. The molecule has 5 nitrogen and oxygen atoms in total. The standard InChI is InChI=1S/C15H16N2O3/c1-10(13-4-3-9-20-13)17(2)15(19)12-7-5-11(6-8-12)14(16)18/h3-10H,1-2H3,(H2,16,18). The number of nitrogens with zero attached hydrogens (tertiary/aromatic N) is 1. The molecule has 1 heterocycles. The van der Waals surface area contributed by atoms with Crippen LogP contribution >= 0.6 is 0 Å². The van der Waals surface area contributed by atoms with E-state index in [1.54, 1.807) is 48.5 Å². The first kappa shape index (κ1) is 13.9. The van der Waals surface area contributed by atoms with Gasteiger partial charge in [-0.15, -0.1) is 0 Å². The zero-order valence-corrected chi connectivity index (χ0v) is 11.4. The van der Waals surface area contributed by atoms with Gasteiger partial charge in [0, 0.05) is 18.2 Å². The van der Waals surface area contributed by atoms with Gasteiger partial charge in [0.2, 0.25) is 5.91 Å². The van der Waals surface area contributed by atoms with Crippen molar-refractivity contribution in [3.05, 3.63) is 59.5 Å². The summed E-state index contributed by atoms with van der Waals surface area (Å²) in [6, 6.07) is 9.70. The van der Waals surface area contributed by atoms with Crippen molar-refractivity contribution in [2.24, 2.45) is 5.73 Å². The smallest absolute Gasteiger partial charge is 0.254 e. The van der Waals surface area contributed by atoms with Gasteiger partial charge in [-0.05, 0) is 43.3 Å². The fourth-order valence-electron chi connectivity index (χ4n) is 1.88. The van der Waals surface area contributed by atoms with Gasteiger partial charge in [-0.25, -0.2) is 0 Å². The Morgan fingerprint density at radius 3 is 2.25 bits per heavy atom. The van der Waals surface area contributed by atoms with Crippen LogP contribution in [0.15, 0.2) is 47.1 Å². The average molecular weight is 272 g/mol. The lowest BCUT2D eigenvalue weighted by Crippen LogP contribution is -2.29. The van der Waals surface area contributed by atoms with E-state index in [0.29, 0.717) is 11.1 Å². The Morgan fingerprint density at radius 2 is 1.75 bits per heavy atom. The Hall–Kier alpha value is -2.56. The summed E-state index contributed by atoms with van der Waals surface area (Å²) in [5, 5.41) is 0. The first-order valence-corrected chi connectivity index (χ1v) is 6.21. The van der Waals surface area contributed by atoms with E-state index >= 15 is 0 Å². The fourth-order valence-corrected chi connectivity index (χ4v) is 1.88. The molecule has 5 heteroatoms. The molecule has 0 aliphatic carbocycles. The molecule has 104 valence electrons. The van der Waals surface area contributed by atoms with E-state index in [2.05, 4.69) is 0 Å². The maximum absolute atomic E-state index is 12.3. The minimum Gasteiger partial charge on any atom is -0.467 e. The monoisotopic (exact) mass is 272 g/mol. The van der Waals surface area contributed by atoms with Crippen LogP contribution in [0.2, 0.25) is 0 Å². The maximum Gasteiger partial charge on any atom is 0.254 e. The van der Waals surface area contributed by atoms with Crippen LogP contribution in [0.5, 0.6) is 0 Å². The van der Waals surface area contributed by atoms with Gasteiger partial charge in [-0.3, -0.25) is 9.59 Å². The van der Waals surface area contributed by atoms with Gasteiger partial charge in [-0.1, -0.05) is 0 Å². The molecule has 2 rings (SSSR count). The predicted octanol–water partition coefficient (Wildman–Crippen LogP) is 2.21. The topological polar surface area (TPSA) is 76.5 Å². The zero-order valence-electron chi connectivity index (χ0n) is 11.4. The SMILES string of the molecule is CC(c1ccco1)N(C)C(=O)c1ccc(C(N)=O)cc1. The second-order valence-corrected chi connectivity index (χ2v) is 4.55. The third-order valence-corrected chi connectivity index (χ3v) is 3.27. The van der Waals surface area contributed by atoms with E-state index < -0.39 is 5.91 Å². The molecule has 0 aliphatic rings. The second kappa shape index (κ2) is 5.61. The molecule has 0 aliphatic heterocycles. The molecular formula is C15H16N2O3. The Balaban J connectivity index is 2.16. The molecule has 1 aromatic carbocycles. The third kappa shape index (κ3) is 2.71. The Morgan fingerprint density at radius 1 is 1.15 bits per heavy atom. The van der Waals surface area contributed by atoms with Crippen molar-refractivity contribution in [2.75, 3.05) is 7.05 Å². The molecule has 2 amide bonds. The summed E-state index contributed by atoms with van der Waals surface area (Å²) >= 11 is 0. The largest absolute Gasteiger partial charge is 0.467 e. The summed E-state index contributed by atoms with van der Waals surface area (Å²) < 4.78 is 5.30. The normalized spacial score (nSPS) is 11.9. The molecule has 2 N–H and O–H groups in total. The summed E-state index contributed by atoms with van der Waals surface area (Å²) in [5.74, 6) is 0.0563. The highest BCUT2D eigenvalue weighted by atomic mass is 16.3. The molecule has 0 fully saturated rings. The summed E-state index contributed by atoms with van der Waals surface area (Å²) in [7, 11) is 1.71. The van der Waals surface area contributed by atoms with Gasteiger partial charge in [0.25, 0.3) is 5.91 Å². The zero-order chi connectivity index (χ0) is 14.7. The van der Waals surface area contributed by atoms with Crippen LogP contribution in [0.3, 0.4) is 0 Å². The summed E-state index contributed by atoms with van der Waals surface area (Å²) in [6.45, 7) is 1.88. The summed E-state index contributed by atoms with van der Waals surface area (Å²) in [5.41, 5.74) is 6.04. The minimum atomic E-state index is -0.513. The van der Waals surface area contributed by atoms with Crippen molar-refractivity contribution in [2.45, 2.75) is 13.0 Å². The molecular weight excluding hydrogens is 256 g/mol. The van der Waals surface area contributed by atoms with Crippen LogP contribution in [0.1, 0.15) is 39.4 Å². The molecule has 1 atom stereocenters. The van der Waals surface area contributed by atoms with Crippen LogP contribution in [-0.4, -0.2) is 23.8 Å². The van der Waals surface area contributed by atoms with Crippen LogP contribution < -0.4 is 5.73 Å². The molecule has 0 spiro atoms. The number of benzene rings is 1. The summed E-state index contributed by atoms with van der Waals surface area (Å²) in [6.07, 6.45) is 1.58. The maximum atomic E-state index is 12.3. The lowest BCUT2D eigenvalue weighted by atomic mass is 10.1. The molecule has 2 aromatic rings. The van der Waals surface area contributed by atoms with E-state index in [-0.39, 0.29) is 11.9 Å². The number of carbonyl (C=O) groups excluding carboxylic acids is 2. The number of rotatable bonds is 4. The number of hydrogen-bond acceptors (Lipinski definition) is 3. The number of primary amides is 1. The van der Waals surface area contributed by atoms with Gasteiger partial charge in [0.1, 0.15) is 5.76 Å². The number of carbonyl (C=O) groups is 2. The number of nitrogens with two attached hydrogens (primary N) is 1. The predicted molar refractivity (Wildman–Crippen MR) is 74.2 cm³/mol. The molecule has 0 saturated carbocycles. The molecule has 20 heavy (non-hydrogen) atoms. The molecule has 0 radical (unpaired) electrons. The average Bonchev–Trinajstić information content (AvgIpc) is 2.99. The second-order valence-electron chi connectivity index (χ2n) is 4.55. The highest BCUT2D eigenvalue weighted by molar-refractivity contribution is 5.97.